The summed E-state index contributed by atoms with van der Waals surface area (Å²) < 4.78 is 45.3. The van der Waals surface area contributed by atoms with Crippen LogP contribution in [0.15, 0.2) is 54.8 Å². The second-order valence-corrected chi connectivity index (χ2v) is 18.2. The lowest BCUT2D eigenvalue weighted by molar-refractivity contribution is -0.141. The number of hydrogen-bond donors (Lipinski definition) is 3. The molecular weight excluding hydrogens is 743 g/mol. The number of hydrogen-bond acceptors (Lipinski definition) is 11. The van der Waals surface area contributed by atoms with Gasteiger partial charge in [-0.1, -0.05) is 11.6 Å². The summed E-state index contributed by atoms with van der Waals surface area (Å²) in [4.78, 5) is 73.8. The summed E-state index contributed by atoms with van der Waals surface area (Å²) in [6, 6.07) is 4.74. The van der Waals surface area contributed by atoms with Gasteiger partial charge >= 0.3 is 6.09 Å². The number of benzene rings is 1. The molecule has 1 aliphatic heterocycles. The number of ether oxygens (including phenoxy) is 3. The highest BCUT2D eigenvalue weighted by Gasteiger charge is 2.62. The van der Waals surface area contributed by atoms with Crippen LogP contribution in [0.4, 0.5) is 4.79 Å². The van der Waals surface area contributed by atoms with Gasteiger partial charge in [-0.2, -0.15) is 0 Å². The Labute approximate surface area is 328 Å². The average molecular weight is 796 g/mol. The first-order valence-corrected chi connectivity index (χ1v) is 20.5. The van der Waals surface area contributed by atoms with Crippen LogP contribution in [0, 0.1) is 5.92 Å². The lowest BCUT2D eigenvalue weighted by atomic mass is 10.1. The summed E-state index contributed by atoms with van der Waals surface area (Å²) in [7, 11) is -3.94. The van der Waals surface area contributed by atoms with Crippen molar-refractivity contribution >= 4 is 50.4 Å². The number of rotatable bonds is 16. The van der Waals surface area contributed by atoms with Crippen LogP contribution >= 0.6 is 0 Å². The Kier molecular flexibility index (Phi) is 12.5. The van der Waals surface area contributed by atoms with Crippen molar-refractivity contribution in [2.75, 3.05) is 6.54 Å². The maximum Gasteiger partial charge on any atom is 0.408 e. The maximum atomic E-state index is 14.5. The molecule has 1 aromatic carbocycles. The minimum Gasteiger partial charge on any atom is -0.491 e. The standard InChI is InChI=1S/C40H53N5O10S/c1-9-26-21-40(26,37(49)44-56(51,52)30-12-13-30)43-34(47)33-20-29(54-35-31-14-11-28(53-24(4)5)19-25(31)16-17-41-35)22-45(33)36(48)32(15-10-27(46)18-23(2)3)42-38(50)55-39(6,7)8/h9,11,14,16-19,24,26,29-30,32-33H,1,10,12-13,15,20-22H2,2-8H3,(H,42,50)(H,43,47)(H,44,49)/t26?,29-,32+,33+,40-/m1/s1. The molecule has 16 heteroatoms. The number of amides is 4. The number of sulfonamides is 1. The monoisotopic (exact) mass is 795 g/mol. The van der Waals surface area contributed by atoms with Gasteiger partial charge in [0.2, 0.25) is 27.7 Å². The topological polar surface area (TPSA) is 199 Å². The molecule has 5 rings (SSSR count). The molecule has 0 bridgehead atoms. The van der Waals surface area contributed by atoms with Crippen molar-refractivity contribution in [2.45, 2.75) is 128 Å². The van der Waals surface area contributed by atoms with Gasteiger partial charge in [0.25, 0.3) is 5.91 Å². The molecular formula is C40H53N5O10S. The molecule has 3 aliphatic rings. The molecule has 4 amide bonds. The first kappa shape index (κ1) is 42.2. The predicted octanol–water partition coefficient (Wildman–Crippen LogP) is 4.25. The van der Waals surface area contributed by atoms with Crippen molar-refractivity contribution in [1.82, 2.24) is 25.2 Å². The maximum absolute atomic E-state index is 14.5. The lowest BCUT2D eigenvalue weighted by Gasteiger charge is -2.30. The molecule has 1 aromatic heterocycles. The number of fused-ring (bicyclic) bond motifs is 1. The summed E-state index contributed by atoms with van der Waals surface area (Å²) in [5, 5.41) is 6.13. The van der Waals surface area contributed by atoms with E-state index in [1.807, 2.05) is 26.0 Å². The van der Waals surface area contributed by atoms with E-state index in [9.17, 15) is 32.4 Å². The number of nitrogens with one attached hydrogen (secondary N) is 3. The number of allylic oxidation sites excluding steroid dienone is 2. The summed E-state index contributed by atoms with van der Waals surface area (Å²) in [6.45, 7) is 16.0. The molecule has 1 saturated heterocycles. The lowest BCUT2D eigenvalue weighted by Crippen LogP contribution is -2.58. The van der Waals surface area contributed by atoms with Crippen molar-refractivity contribution in [3.63, 3.8) is 0 Å². The summed E-state index contributed by atoms with van der Waals surface area (Å²) >= 11 is 0. The fraction of sp³-hybridized carbons (Fsp3) is 0.550. The number of pyridine rings is 1. The van der Waals surface area contributed by atoms with Gasteiger partial charge in [-0.15, -0.1) is 6.58 Å². The SMILES string of the molecule is C=CC1C[C@]1(NC(=O)[C@@H]1C[C@@H](Oc2nccc3cc(OC(C)C)ccc23)CN1C(=O)[C@H](CCC(=O)C=C(C)C)NC(=O)OC(C)(C)C)C(=O)NS(=O)(=O)C1CC1. The van der Waals surface area contributed by atoms with Gasteiger partial charge in [0.1, 0.15) is 35.1 Å². The molecule has 0 spiro atoms. The van der Waals surface area contributed by atoms with Crippen LogP contribution in [-0.4, -0.2) is 95.1 Å². The fourth-order valence-corrected chi connectivity index (χ4v) is 8.07. The molecule has 1 unspecified atom stereocenters. The van der Waals surface area contributed by atoms with Crippen molar-refractivity contribution in [1.29, 1.82) is 0 Å². The van der Waals surface area contributed by atoms with E-state index in [2.05, 4.69) is 26.9 Å². The Morgan fingerprint density at radius 1 is 1.11 bits per heavy atom. The van der Waals surface area contributed by atoms with Crippen LogP contribution in [-0.2, 0) is 33.9 Å². The third kappa shape index (κ3) is 10.4. The van der Waals surface area contributed by atoms with Gasteiger partial charge in [0.05, 0.1) is 17.9 Å². The first-order chi connectivity index (χ1) is 26.2. The largest absolute Gasteiger partial charge is 0.491 e. The smallest absolute Gasteiger partial charge is 0.408 e. The Morgan fingerprint density at radius 3 is 2.43 bits per heavy atom. The van der Waals surface area contributed by atoms with E-state index in [1.165, 1.54) is 17.1 Å². The second kappa shape index (κ2) is 16.6. The molecule has 2 saturated carbocycles. The van der Waals surface area contributed by atoms with Crippen LogP contribution < -0.4 is 24.8 Å². The number of alkyl carbamates (subject to hydrolysis) is 1. The van der Waals surface area contributed by atoms with E-state index < -0.39 is 74.3 Å². The Balaban J connectivity index is 1.45. The molecule has 2 aliphatic carbocycles. The zero-order valence-corrected chi connectivity index (χ0v) is 33.9. The molecule has 15 nitrogen and oxygen atoms in total. The number of nitrogens with zero attached hydrogens (tertiary/aromatic N) is 2. The summed E-state index contributed by atoms with van der Waals surface area (Å²) in [6.07, 6.45) is 3.50. The molecule has 3 fully saturated rings. The molecule has 304 valence electrons. The molecule has 56 heavy (non-hydrogen) atoms. The Bertz CT molecular complexity index is 2020. The normalized spacial score (nSPS) is 22.4. The molecule has 0 radical (unpaired) electrons. The van der Waals surface area contributed by atoms with E-state index in [4.69, 9.17) is 14.2 Å². The van der Waals surface area contributed by atoms with Crippen LogP contribution in [0.3, 0.4) is 0 Å². The third-order valence-corrected chi connectivity index (χ3v) is 11.4. The zero-order valence-electron chi connectivity index (χ0n) is 33.0. The van der Waals surface area contributed by atoms with Gasteiger partial charge in [0, 0.05) is 30.3 Å². The van der Waals surface area contributed by atoms with E-state index in [0.717, 1.165) is 11.0 Å². The molecule has 2 heterocycles. The predicted molar refractivity (Wildman–Crippen MR) is 208 cm³/mol. The van der Waals surface area contributed by atoms with E-state index in [0.29, 0.717) is 24.0 Å². The summed E-state index contributed by atoms with van der Waals surface area (Å²) in [5.41, 5.74) is -1.74. The van der Waals surface area contributed by atoms with Crippen LogP contribution in [0.2, 0.25) is 0 Å². The van der Waals surface area contributed by atoms with Crippen LogP contribution in [0.1, 0.15) is 87.0 Å². The highest BCUT2D eigenvalue weighted by Crippen LogP contribution is 2.45. The van der Waals surface area contributed by atoms with Crippen LogP contribution in [0.5, 0.6) is 11.6 Å². The van der Waals surface area contributed by atoms with Gasteiger partial charge in [-0.05, 0) is 110 Å². The Morgan fingerprint density at radius 2 is 1.82 bits per heavy atom. The van der Waals surface area contributed by atoms with Gasteiger partial charge < -0.3 is 29.7 Å². The number of ketones is 1. The van der Waals surface area contributed by atoms with Crippen molar-refractivity contribution in [3.8, 4) is 11.6 Å². The number of carbonyl (C=O) groups excluding carboxylic acids is 5. The van der Waals surface area contributed by atoms with E-state index >= 15 is 0 Å². The fourth-order valence-electron chi connectivity index (χ4n) is 6.71. The van der Waals surface area contributed by atoms with E-state index in [-0.39, 0.29) is 50.0 Å². The average Bonchev–Trinajstić information content (AvgIpc) is 4.02. The van der Waals surface area contributed by atoms with Gasteiger partial charge in [-0.25, -0.2) is 18.2 Å². The number of aromatic nitrogens is 1. The van der Waals surface area contributed by atoms with E-state index in [1.54, 1.807) is 52.9 Å². The molecule has 5 atom stereocenters. The quantitative estimate of drug-likeness (QED) is 0.162. The minimum absolute atomic E-state index is 0.0423. The molecule has 3 N–H and O–H groups in total. The van der Waals surface area contributed by atoms with Crippen molar-refractivity contribution in [2.24, 2.45) is 5.92 Å². The first-order valence-electron chi connectivity index (χ1n) is 18.9. The zero-order chi connectivity index (χ0) is 41.2. The number of likely N-dealkylation sites (tertiary alicyclic amines) is 1. The van der Waals surface area contributed by atoms with Crippen LogP contribution in [0.25, 0.3) is 10.8 Å². The van der Waals surface area contributed by atoms with Gasteiger partial charge in [0.15, 0.2) is 5.78 Å². The Hall–Kier alpha value is -4.99. The van der Waals surface area contributed by atoms with Crippen molar-refractivity contribution in [3.05, 3.63) is 54.8 Å². The third-order valence-electron chi connectivity index (χ3n) is 9.56. The number of carbonyl (C=O) groups is 5. The second-order valence-electron chi connectivity index (χ2n) is 16.3. The highest BCUT2D eigenvalue weighted by atomic mass is 32.2. The molecule has 2 aromatic rings. The summed E-state index contributed by atoms with van der Waals surface area (Å²) in [5.74, 6) is -2.20. The van der Waals surface area contributed by atoms with Crippen molar-refractivity contribution < 1.29 is 46.6 Å². The minimum atomic E-state index is -3.94. The van der Waals surface area contributed by atoms with Gasteiger partial charge in [-0.3, -0.25) is 23.9 Å². The highest BCUT2D eigenvalue weighted by molar-refractivity contribution is 7.91.